The lowest BCUT2D eigenvalue weighted by atomic mass is 10.2. The molecule has 1 aromatic carbocycles. The number of aryl methyl sites for hydroxylation is 1. The van der Waals surface area contributed by atoms with Gasteiger partial charge in [0.2, 0.25) is 0 Å². The van der Waals surface area contributed by atoms with Gasteiger partial charge in [0.15, 0.2) is 11.5 Å². The maximum absolute atomic E-state index is 8.65. The zero-order valence-corrected chi connectivity index (χ0v) is 10.7. The highest BCUT2D eigenvalue weighted by molar-refractivity contribution is 5.42. The number of aliphatic hydroxyl groups is 1. The normalized spacial score (nSPS) is 10.3. The standard InChI is InChI=1S/C14H22O3/c1-12-7-8-13(14(11-12)16-2)17-10-6-4-3-5-9-15/h7-8,11,15H,3-6,9-10H2,1-2H3. The third-order valence-corrected chi connectivity index (χ3v) is 2.63. The second-order valence-corrected chi connectivity index (χ2v) is 4.14. The van der Waals surface area contributed by atoms with Gasteiger partial charge < -0.3 is 14.6 Å². The summed E-state index contributed by atoms with van der Waals surface area (Å²) in [7, 11) is 1.66. The summed E-state index contributed by atoms with van der Waals surface area (Å²) in [6, 6.07) is 5.94. The molecule has 0 bridgehead atoms. The molecule has 0 aliphatic carbocycles. The van der Waals surface area contributed by atoms with E-state index in [0.29, 0.717) is 6.61 Å². The van der Waals surface area contributed by atoms with Crippen molar-refractivity contribution >= 4 is 0 Å². The SMILES string of the molecule is COc1cc(C)ccc1OCCCCCCO. The van der Waals surface area contributed by atoms with Crippen LogP contribution in [0.15, 0.2) is 18.2 Å². The van der Waals surface area contributed by atoms with Crippen LogP contribution in [-0.4, -0.2) is 25.4 Å². The van der Waals surface area contributed by atoms with E-state index in [1.807, 2.05) is 25.1 Å². The first-order valence-electron chi connectivity index (χ1n) is 6.16. The summed E-state index contributed by atoms with van der Waals surface area (Å²) >= 11 is 0. The number of unbranched alkanes of at least 4 members (excludes halogenated alkanes) is 3. The zero-order chi connectivity index (χ0) is 12.5. The summed E-state index contributed by atoms with van der Waals surface area (Å²) in [6.07, 6.45) is 4.05. The van der Waals surface area contributed by atoms with Crippen molar-refractivity contribution in [2.45, 2.75) is 32.6 Å². The predicted octanol–water partition coefficient (Wildman–Crippen LogP) is 2.94. The number of ether oxygens (including phenoxy) is 2. The van der Waals surface area contributed by atoms with Crippen LogP contribution in [0, 0.1) is 6.92 Å². The summed E-state index contributed by atoms with van der Waals surface area (Å²) < 4.78 is 10.9. The largest absolute Gasteiger partial charge is 0.493 e. The Labute approximate surface area is 103 Å². The molecule has 3 nitrogen and oxygen atoms in total. The van der Waals surface area contributed by atoms with Crippen molar-refractivity contribution in [3.63, 3.8) is 0 Å². The Balaban J connectivity index is 2.31. The van der Waals surface area contributed by atoms with Crippen LogP contribution in [0.3, 0.4) is 0 Å². The van der Waals surface area contributed by atoms with Crippen LogP contribution in [0.1, 0.15) is 31.2 Å². The van der Waals surface area contributed by atoms with Crippen LogP contribution >= 0.6 is 0 Å². The Bertz CT molecular complexity index is 323. The Morgan fingerprint density at radius 1 is 1.06 bits per heavy atom. The zero-order valence-electron chi connectivity index (χ0n) is 10.7. The van der Waals surface area contributed by atoms with Crippen molar-refractivity contribution in [3.8, 4) is 11.5 Å². The smallest absolute Gasteiger partial charge is 0.161 e. The summed E-state index contributed by atoms with van der Waals surface area (Å²) in [6.45, 7) is 3.01. The molecule has 0 heterocycles. The molecule has 0 saturated heterocycles. The lowest BCUT2D eigenvalue weighted by molar-refractivity contribution is 0.268. The van der Waals surface area contributed by atoms with E-state index < -0.39 is 0 Å². The molecule has 3 heteroatoms. The van der Waals surface area contributed by atoms with Gasteiger partial charge in [-0.1, -0.05) is 12.5 Å². The van der Waals surface area contributed by atoms with Crippen molar-refractivity contribution in [3.05, 3.63) is 23.8 Å². The highest BCUT2D eigenvalue weighted by Crippen LogP contribution is 2.27. The molecule has 0 fully saturated rings. The quantitative estimate of drug-likeness (QED) is 0.708. The van der Waals surface area contributed by atoms with Crippen molar-refractivity contribution in [1.29, 1.82) is 0 Å². The molecule has 0 aliphatic heterocycles. The summed E-state index contributed by atoms with van der Waals surface area (Å²) in [4.78, 5) is 0. The summed E-state index contributed by atoms with van der Waals surface area (Å²) in [5.41, 5.74) is 1.16. The molecule has 1 N–H and O–H groups in total. The maximum atomic E-state index is 8.65. The number of hydrogen-bond acceptors (Lipinski definition) is 3. The molecule has 0 amide bonds. The van der Waals surface area contributed by atoms with E-state index in [9.17, 15) is 0 Å². The fraction of sp³-hybridized carbons (Fsp3) is 0.571. The molecular formula is C14H22O3. The minimum absolute atomic E-state index is 0.284. The van der Waals surface area contributed by atoms with E-state index in [1.165, 1.54) is 0 Å². The minimum atomic E-state index is 0.284. The van der Waals surface area contributed by atoms with Crippen molar-refractivity contribution in [2.24, 2.45) is 0 Å². The molecule has 1 aromatic rings. The van der Waals surface area contributed by atoms with Crippen LogP contribution < -0.4 is 9.47 Å². The number of benzene rings is 1. The van der Waals surface area contributed by atoms with Crippen molar-refractivity contribution in [2.75, 3.05) is 20.3 Å². The first-order valence-corrected chi connectivity index (χ1v) is 6.16. The molecular weight excluding hydrogens is 216 g/mol. The van der Waals surface area contributed by atoms with Crippen molar-refractivity contribution < 1.29 is 14.6 Å². The maximum Gasteiger partial charge on any atom is 0.161 e. The summed E-state index contributed by atoms with van der Waals surface area (Å²) in [5, 5.41) is 8.65. The van der Waals surface area contributed by atoms with Crippen LogP contribution in [0.4, 0.5) is 0 Å². The van der Waals surface area contributed by atoms with E-state index in [2.05, 4.69) is 0 Å². The van der Waals surface area contributed by atoms with Gasteiger partial charge in [0.1, 0.15) is 0 Å². The molecule has 17 heavy (non-hydrogen) atoms. The van der Waals surface area contributed by atoms with Crippen LogP contribution in [-0.2, 0) is 0 Å². The molecule has 96 valence electrons. The molecule has 0 aliphatic rings. The monoisotopic (exact) mass is 238 g/mol. The lowest BCUT2D eigenvalue weighted by Crippen LogP contribution is -1.99. The lowest BCUT2D eigenvalue weighted by Gasteiger charge is -2.11. The van der Waals surface area contributed by atoms with Crippen LogP contribution in [0.5, 0.6) is 11.5 Å². The Kier molecular flexibility index (Phi) is 6.48. The number of hydrogen-bond donors (Lipinski definition) is 1. The molecule has 1 rings (SSSR count). The molecule has 0 radical (unpaired) electrons. The van der Waals surface area contributed by atoms with Gasteiger partial charge in [0.05, 0.1) is 13.7 Å². The van der Waals surface area contributed by atoms with Gasteiger partial charge in [-0.25, -0.2) is 0 Å². The average Bonchev–Trinajstić information content (AvgIpc) is 2.35. The van der Waals surface area contributed by atoms with Gasteiger partial charge in [0, 0.05) is 6.61 Å². The fourth-order valence-electron chi connectivity index (χ4n) is 1.64. The summed E-state index contributed by atoms with van der Waals surface area (Å²) in [5.74, 6) is 1.60. The van der Waals surface area contributed by atoms with E-state index in [4.69, 9.17) is 14.6 Å². The highest BCUT2D eigenvalue weighted by atomic mass is 16.5. The van der Waals surface area contributed by atoms with E-state index in [0.717, 1.165) is 42.7 Å². The topological polar surface area (TPSA) is 38.7 Å². The first-order chi connectivity index (χ1) is 8.27. The molecule has 0 spiro atoms. The third-order valence-electron chi connectivity index (χ3n) is 2.63. The minimum Gasteiger partial charge on any atom is -0.493 e. The van der Waals surface area contributed by atoms with Gasteiger partial charge in [-0.15, -0.1) is 0 Å². The van der Waals surface area contributed by atoms with Crippen LogP contribution in [0.2, 0.25) is 0 Å². The Hall–Kier alpha value is -1.22. The van der Waals surface area contributed by atoms with Gasteiger partial charge in [-0.2, -0.15) is 0 Å². The number of rotatable bonds is 8. The fourth-order valence-corrected chi connectivity index (χ4v) is 1.64. The Morgan fingerprint density at radius 2 is 1.82 bits per heavy atom. The highest BCUT2D eigenvalue weighted by Gasteiger charge is 2.03. The second-order valence-electron chi connectivity index (χ2n) is 4.14. The second kappa shape index (κ2) is 7.96. The van der Waals surface area contributed by atoms with E-state index in [-0.39, 0.29) is 6.61 Å². The van der Waals surface area contributed by atoms with E-state index in [1.54, 1.807) is 7.11 Å². The van der Waals surface area contributed by atoms with E-state index >= 15 is 0 Å². The third kappa shape index (κ3) is 5.09. The predicted molar refractivity (Wildman–Crippen MR) is 68.8 cm³/mol. The average molecular weight is 238 g/mol. The van der Waals surface area contributed by atoms with Gasteiger partial charge in [-0.3, -0.25) is 0 Å². The van der Waals surface area contributed by atoms with Gasteiger partial charge in [-0.05, 0) is 43.9 Å². The van der Waals surface area contributed by atoms with Crippen LogP contribution in [0.25, 0.3) is 0 Å². The van der Waals surface area contributed by atoms with Gasteiger partial charge >= 0.3 is 0 Å². The number of methoxy groups -OCH3 is 1. The number of aliphatic hydroxyl groups excluding tert-OH is 1. The Morgan fingerprint density at radius 3 is 2.53 bits per heavy atom. The van der Waals surface area contributed by atoms with Gasteiger partial charge in [0.25, 0.3) is 0 Å². The van der Waals surface area contributed by atoms with Crippen molar-refractivity contribution in [1.82, 2.24) is 0 Å². The molecule has 0 unspecified atom stereocenters. The molecule has 0 atom stereocenters. The molecule has 0 aromatic heterocycles. The first kappa shape index (κ1) is 13.8. The molecule has 0 saturated carbocycles.